The largest absolute Gasteiger partial charge is 0.469 e. The van der Waals surface area contributed by atoms with Gasteiger partial charge >= 0.3 is 12.1 Å². The molecule has 0 heterocycles. The Morgan fingerprint density at radius 1 is 1.16 bits per heavy atom. The van der Waals surface area contributed by atoms with Gasteiger partial charge in [0.1, 0.15) is 12.1 Å². The predicted molar refractivity (Wildman–Crippen MR) is 60.4 cm³/mol. The third-order valence-electron chi connectivity index (χ3n) is 2.50. The Morgan fingerprint density at radius 2 is 1.68 bits per heavy atom. The van der Waals surface area contributed by atoms with Crippen LogP contribution in [0.5, 0.6) is 0 Å². The number of amides is 1. The van der Waals surface area contributed by atoms with Crippen LogP contribution in [0.3, 0.4) is 0 Å². The maximum Gasteiger partial charge on any atom is 0.406 e. The first kappa shape index (κ1) is 17.7. The number of ether oxygens (including phenoxy) is 2. The van der Waals surface area contributed by atoms with Crippen molar-refractivity contribution in [3.05, 3.63) is 0 Å². The van der Waals surface area contributed by atoms with Crippen LogP contribution in [0, 0.1) is 0 Å². The maximum absolute atomic E-state index is 12.4. The quantitative estimate of drug-likeness (QED) is 0.692. The highest BCUT2D eigenvalue weighted by Gasteiger charge is 2.38. The Balaban J connectivity index is 4.86. The predicted octanol–water partition coefficient (Wildman–Crippen LogP) is 1.37. The van der Waals surface area contributed by atoms with Gasteiger partial charge in [-0.2, -0.15) is 13.2 Å². The fourth-order valence-electron chi connectivity index (χ4n) is 1.27. The fraction of sp³-hybridized carbons (Fsp3) is 0.818. The van der Waals surface area contributed by atoms with E-state index < -0.39 is 30.2 Å². The molecule has 0 saturated carbocycles. The lowest BCUT2D eigenvalue weighted by molar-refractivity contribution is -0.174. The second-order valence-corrected chi connectivity index (χ2v) is 4.38. The van der Waals surface area contributed by atoms with E-state index >= 15 is 0 Å². The van der Waals surface area contributed by atoms with Crippen molar-refractivity contribution >= 4 is 11.9 Å². The van der Waals surface area contributed by atoms with E-state index in [4.69, 9.17) is 4.74 Å². The molecule has 8 heteroatoms. The van der Waals surface area contributed by atoms with Crippen LogP contribution in [0.15, 0.2) is 0 Å². The molecule has 5 nitrogen and oxygen atoms in total. The second kappa shape index (κ2) is 6.74. The Hall–Kier alpha value is -1.31. The highest BCUT2D eigenvalue weighted by Crippen LogP contribution is 2.20. The van der Waals surface area contributed by atoms with Gasteiger partial charge in [-0.1, -0.05) is 0 Å². The average molecular weight is 285 g/mol. The van der Waals surface area contributed by atoms with E-state index in [9.17, 15) is 22.8 Å². The minimum atomic E-state index is -4.55. The summed E-state index contributed by atoms with van der Waals surface area (Å²) in [5, 5.41) is 0. The standard InChI is InChI=1S/C11H18F3NO4/c1-10(2,19-4)9(17)15(7-11(12,13)14)6-5-8(16)18-3/h5-7H2,1-4H3. The summed E-state index contributed by atoms with van der Waals surface area (Å²) in [7, 11) is 2.35. The normalized spacial score (nSPS) is 12.2. The molecule has 0 atom stereocenters. The minimum Gasteiger partial charge on any atom is -0.469 e. The molecule has 0 radical (unpaired) electrons. The topological polar surface area (TPSA) is 55.8 Å². The van der Waals surface area contributed by atoms with Crippen molar-refractivity contribution in [2.45, 2.75) is 32.0 Å². The fourth-order valence-corrected chi connectivity index (χ4v) is 1.27. The smallest absolute Gasteiger partial charge is 0.406 e. The van der Waals surface area contributed by atoms with E-state index in [1.165, 1.54) is 21.0 Å². The van der Waals surface area contributed by atoms with Crippen LogP contribution < -0.4 is 0 Å². The number of nitrogens with zero attached hydrogens (tertiary/aromatic N) is 1. The summed E-state index contributed by atoms with van der Waals surface area (Å²) in [5.74, 6) is -1.52. The lowest BCUT2D eigenvalue weighted by atomic mass is 10.1. The van der Waals surface area contributed by atoms with Gasteiger partial charge in [0, 0.05) is 13.7 Å². The number of rotatable bonds is 6. The summed E-state index contributed by atoms with van der Waals surface area (Å²) in [6, 6.07) is 0. The van der Waals surface area contributed by atoms with Crippen molar-refractivity contribution in [1.82, 2.24) is 4.90 Å². The van der Waals surface area contributed by atoms with E-state index in [0.29, 0.717) is 4.90 Å². The number of carbonyl (C=O) groups excluding carboxylic acids is 2. The molecule has 0 N–H and O–H groups in total. The van der Waals surface area contributed by atoms with E-state index in [2.05, 4.69) is 4.74 Å². The highest BCUT2D eigenvalue weighted by molar-refractivity contribution is 5.84. The molecule has 0 aromatic rings. The molecule has 0 saturated heterocycles. The molecule has 0 aliphatic rings. The number of alkyl halides is 3. The molecule has 0 aromatic carbocycles. The van der Waals surface area contributed by atoms with Crippen LogP contribution in [0.25, 0.3) is 0 Å². The average Bonchev–Trinajstić information content (AvgIpc) is 2.31. The zero-order valence-electron chi connectivity index (χ0n) is 11.3. The van der Waals surface area contributed by atoms with Gasteiger partial charge in [0.05, 0.1) is 13.5 Å². The minimum absolute atomic E-state index is 0.307. The summed E-state index contributed by atoms with van der Waals surface area (Å²) in [5.41, 5.74) is -1.39. The van der Waals surface area contributed by atoms with Gasteiger partial charge < -0.3 is 14.4 Å². The van der Waals surface area contributed by atoms with Crippen molar-refractivity contribution in [1.29, 1.82) is 0 Å². The molecule has 0 unspecified atom stereocenters. The first-order chi connectivity index (χ1) is 8.53. The number of halogens is 3. The molecule has 0 bridgehead atoms. The molecule has 0 aliphatic carbocycles. The molecule has 112 valence electrons. The summed E-state index contributed by atoms with van der Waals surface area (Å²) in [4.78, 5) is 23.4. The maximum atomic E-state index is 12.4. The van der Waals surface area contributed by atoms with Crippen LogP contribution in [0.2, 0.25) is 0 Å². The molecule has 0 spiro atoms. The Labute approximate surface area is 109 Å². The van der Waals surface area contributed by atoms with Crippen LogP contribution in [-0.4, -0.2) is 55.9 Å². The highest BCUT2D eigenvalue weighted by atomic mass is 19.4. The number of methoxy groups -OCH3 is 2. The second-order valence-electron chi connectivity index (χ2n) is 4.38. The van der Waals surface area contributed by atoms with Gasteiger partial charge in [0.25, 0.3) is 5.91 Å². The molecule has 0 fully saturated rings. The molecule has 0 aliphatic heterocycles. The molecular weight excluding hydrogens is 267 g/mol. The molecule has 0 rings (SSSR count). The summed E-state index contributed by atoms with van der Waals surface area (Å²) in [6.45, 7) is 0.904. The van der Waals surface area contributed by atoms with E-state index in [-0.39, 0.29) is 13.0 Å². The van der Waals surface area contributed by atoms with E-state index in [1.54, 1.807) is 0 Å². The van der Waals surface area contributed by atoms with Crippen LogP contribution in [-0.2, 0) is 19.1 Å². The Kier molecular flexibility index (Phi) is 6.28. The van der Waals surface area contributed by atoms with Crippen LogP contribution in [0.1, 0.15) is 20.3 Å². The van der Waals surface area contributed by atoms with Crippen molar-refractivity contribution in [2.24, 2.45) is 0 Å². The number of esters is 1. The van der Waals surface area contributed by atoms with E-state index in [1.807, 2.05) is 0 Å². The summed E-state index contributed by atoms with van der Waals surface area (Å²) in [6.07, 6.45) is -4.85. The van der Waals surface area contributed by atoms with Crippen LogP contribution in [0.4, 0.5) is 13.2 Å². The van der Waals surface area contributed by atoms with Gasteiger partial charge in [-0.25, -0.2) is 0 Å². The Bertz CT molecular complexity index is 328. The SMILES string of the molecule is COC(=O)CCN(CC(F)(F)F)C(=O)C(C)(C)OC. The van der Waals surface area contributed by atoms with Gasteiger partial charge in [0.15, 0.2) is 0 Å². The third-order valence-corrected chi connectivity index (χ3v) is 2.50. The lowest BCUT2D eigenvalue weighted by Crippen LogP contribution is -2.50. The lowest BCUT2D eigenvalue weighted by Gasteiger charge is -2.31. The molecular formula is C11H18F3NO4. The van der Waals surface area contributed by atoms with Gasteiger partial charge in [-0.05, 0) is 13.8 Å². The summed E-state index contributed by atoms with van der Waals surface area (Å²) >= 11 is 0. The summed E-state index contributed by atoms with van der Waals surface area (Å²) < 4.78 is 46.4. The van der Waals surface area contributed by atoms with Gasteiger partial charge in [0.2, 0.25) is 0 Å². The zero-order valence-corrected chi connectivity index (χ0v) is 11.3. The molecule has 0 aromatic heterocycles. The van der Waals surface area contributed by atoms with Gasteiger partial charge in [-0.15, -0.1) is 0 Å². The van der Waals surface area contributed by atoms with Crippen molar-refractivity contribution in [2.75, 3.05) is 27.3 Å². The number of carbonyl (C=O) groups is 2. The molecule has 19 heavy (non-hydrogen) atoms. The first-order valence-electron chi connectivity index (χ1n) is 5.51. The van der Waals surface area contributed by atoms with Gasteiger partial charge in [-0.3, -0.25) is 9.59 Å². The van der Waals surface area contributed by atoms with Crippen molar-refractivity contribution in [3.8, 4) is 0 Å². The third kappa shape index (κ3) is 6.42. The number of hydrogen-bond donors (Lipinski definition) is 0. The zero-order chi connectivity index (χ0) is 15.3. The number of hydrogen-bond acceptors (Lipinski definition) is 4. The first-order valence-corrected chi connectivity index (χ1v) is 5.51. The Morgan fingerprint density at radius 3 is 2.05 bits per heavy atom. The van der Waals surface area contributed by atoms with Crippen molar-refractivity contribution in [3.63, 3.8) is 0 Å². The van der Waals surface area contributed by atoms with E-state index in [0.717, 1.165) is 7.11 Å². The monoisotopic (exact) mass is 285 g/mol. The van der Waals surface area contributed by atoms with Crippen molar-refractivity contribution < 1.29 is 32.2 Å². The van der Waals surface area contributed by atoms with Crippen LogP contribution >= 0.6 is 0 Å². The molecule has 1 amide bonds.